The number of anilines is 1. The molecule has 0 bridgehead atoms. The number of amides is 1. The molecular weight excluding hydrogens is 604 g/mol. The van der Waals surface area contributed by atoms with Gasteiger partial charge in [-0.05, 0) is 112 Å². The molecule has 7 nitrogen and oxygen atoms in total. The Balaban J connectivity index is 1.95. The predicted octanol–water partition coefficient (Wildman–Crippen LogP) is 8.58. The molecule has 0 aromatic heterocycles. The summed E-state index contributed by atoms with van der Waals surface area (Å²) in [7, 11) is -0.780. The number of carboxylic acid groups (broad SMARTS) is 1. The molecule has 0 heterocycles. The van der Waals surface area contributed by atoms with Crippen LogP contribution in [-0.4, -0.2) is 69.2 Å². The van der Waals surface area contributed by atoms with E-state index < -0.39 is 26.5 Å². The summed E-state index contributed by atoms with van der Waals surface area (Å²) in [6.07, 6.45) is 3.73. The van der Waals surface area contributed by atoms with Gasteiger partial charge in [-0.3, -0.25) is 4.79 Å². The minimum Gasteiger partial charge on any atom is -0.479 e. The van der Waals surface area contributed by atoms with Gasteiger partial charge >= 0.3 is 5.97 Å². The Morgan fingerprint density at radius 1 is 0.911 bits per heavy atom. The van der Waals surface area contributed by atoms with Crippen molar-refractivity contribution in [3.63, 3.8) is 0 Å². The van der Waals surface area contributed by atoms with Crippen LogP contribution in [0.3, 0.4) is 0 Å². The number of aliphatic carboxylic acids is 1. The van der Waals surface area contributed by atoms with Gasteiger partial charge < -0.3 is 24.5 Å². The third-order valence-corrected chi connectivity index (χ3v) is 13.9. The van der Waals surface area contributed by atoms with Crippen LogP contribution in [0.15, 0.2) is 36.4 Å². The highest BCUT2D eigenvalue weighted by molar-refractivity contribution is 6.74. The lowest BCUT2D eigenvalue weighted by Crippen LogP contribution is -2.55. The van der Waals surface area contributed by atoms with Crippen LogP contribution in [0.4, 0.5) is 5.69 Å². The minimum absolute atomic E-state index is 0.216. The average molecular weight is 661 g/mol. The number of aryl methyl sites for hydroxylation is 4. The third kappa shape index (κ3) is 12.7. The fraction of sp³-hybridized carbons (Fsp3) is 0.611. The number of ether oxygens (including phenoxy) is 1. The van der Waals surface area contributed by atoms with Gasteiger partial charge in [-0.2, -0.15) is 0 Å². The van der Waals surface area contributed by atoms with Crippen LogP contribution in [0.1, 0.15) is 81.5 Å². The highest BCUT2D eigenvalue weighted by Gasteiger charge is 2.46. The molecule has 0 radical (unpaired) electrons. The summed E-state index contributed by atoms with van der Waals surface area (Å²) in [5.41, 5.74) is 5.95. The van der Waals surface area contributed by atoms with Crippen molar-refractivity contribution in [2.24, 2.45) is 0 Å². The first-order valence-corrected chi connectivity index (χ1v) is 19.7. The highest BCUT2D eigenvalue weighted by atomic mass is 35.5. The van der Waals surface area contributed by atoms with E-state index in [1.54, 1.807) is 11.9 Å². The molecule has 0 aliphatic carbocycles. The molecule has 2 aromatic carbocycles. The predicted molar refractivity (Wildman–Crippen MR) is 189 cm³/mol. The summed E-state index contributed by atoms with van der Waals surface area (Å²) in [6.45, 7) is 18.0. The van der Waals surface area contributed by atoms with E-state index in [4.69, 9.17) is 20.8 Å². The number of benzene rings is 2. The number of nitrogens with one attached hydrogen (secondary N) is 1. The fourth-order valence-corrected chi connectivity index (χ4v) is 6.11. The summed E-state index contributed by atoms with van der Waals surface area (Å²) >= 11 is 6.22. The minimum atomic E-state index is -2.50. The van der Waals surface area contributed by atoms with Gasteiger partial charge in [0.25, 0.3) is 5.91 Å². The van der Waals surface area contributed by atoms with Gasteiger partial charge in [-0.1, -0.05) is 63.1 Å². The first-order chi connectivity index (χ1) is 21.0. The zero-order valence-corrected chi connectivity index (χ0v) is 30.9. The number of carbonyl (C=O) groups excluding carboxylic acids is 1. The van der Waals surface area contributed by atoms with Crippen molar-refractivity contribution in [3.8, 4) is 0 Å². The molecular formula is C36H57ClN2O5Si. The van der Waals surface area contributed by atoms with Gasteiger partial charge in [-0.25, -0.2) is 4.79 Å². The van der Waals surface area contributed by atoms with Crippen LogP contribution in [0.5, 0.6) is 0 Å². The van der Waals surface area contributed by atoms with Gasteiger partial charge in [-0.15, -0.1) is 0 Å². The van der Waals surface area contributed by atoms with Gasteiger partial charge in [0.05, 0.1) is 0 Å². The number of halogens is 1. The Labute approximate surface area is 278 Å². The number of likely N-dealkylation sites (N-methyl/N-ethyl adjacent to an activating group) is 1. The van der Waals surface area contributed by atoms with E-state index in [2.05, 4.69) is 58.1 Å². The average Bonchev–Trinajstić information content (AvgIpc) is 2.96. The monoisotopic (exact) mass is 660 g/mol. The van der Waals surface area contributed by atoms with Crippen molar-refractivity contribution < 1.29 is 23.9 Å². The van der Waals surface area contributed by atoms with Gasteiger partial charge in [0.2, 0.25) is 0 Å². The quantitative estimate of drug-likeness (QED) is 0.116. The number of carbonyl (C=O) groups is 2. The zero-order valence-electron chi connectivity index (χ0n) is 29.1. The number of unbranched alkanes of at least 4 members (excludes halogenated alkanes) is 4. The summed E-state index contributed by atoms with van der Waals surface area (Å²) in [6, 6.07) is 12.5. The molecule has 2 aromatic rings. The van der Waals surface area contributed by atoms with Crippen molar-refractivity contribution in [1.29, 1.82) is 0 Å². The SMILES string of the molecule is Cc1ccc(CCCCCO[C@@H](C(=O)N(C)CCCCCNc2ccc(C)c(Cl)c2)[C@@H](O[Si](C)(C)C(C)(C)C)C(=O)O)cc1C. The Morgan fingerprint density at radius 2 is 1.58 bits per heavy atom. The second kappa shape index (κ2) is 18.1. The van der Waals surface area contributed by atoms with Crippen LogP contribution in [0, 0.1) is 20.8 Å². The molecule has 0 saturated heterocycles. The molecule has 0 spiro atoms. The number of carboxylic acids is 1. The largest absolute Gasteiger partial charge is 0.479 e. The molecule has 2 N–H and O–H groups in total. The Morgan fingerprint density at radius 3 is 2.20 bits per heavy atom. The van der Waals surface area contributed by atoms with Crippen molar-refractivity contribution >= 4 is 37.5 Å². The molecule has 0 fully saturated rings. The zero-order chi connectivity index (χ0) is 33.8. The van der Waals surface area contributed by atoms with E-state index in [9.17, 15) is 14.7 Å². The maximum atomic E-state index is 13.7. The van der Waals surface area contributed by atoms with E-state index in [1.165, 1.54) is 16.7 Å². The number of hydrogen-bond donors (Lipinski definition) is 2. The van der Waals surface area contributed by atoms with Gasteiger partial charge in [0.1, 0.15) is 0 Å². The second-order valence-electron chi connectivity index (χ2n) is 13.9. The van der Waals surface area contributed by atoms with E-state index >= 15 is 0 Å². The lowest BCUT2D eigenvalue weighted by atomic mass is 10.0. The maximum absolute atomic E-state index is 13.7. The smallest absolute Gasteiger partial charge is 0.334 e. The normalized spacial score (nSPS) is 13.4. The van der Waals surface area contributed by atoms with E-state index in [0.717, 1.165) is 67.8 Å². The molecule has 2 rings (SSSR count). The van der Waals surface area contributed by atoms with Gasteiger partial charge in [0, 0.05) is 37.5 Å². The number of hydrogen-bond acceptors (Lipinski definition) is 5. The summed E-state index contributed by atoms with van der Waals surface area (Å²) < 4.78 is 12.4. The topological polar surface area (TPSA) is 88.1 Å². The molecule has 252 valence electrons. The third-order valence-electron chi connectivity index (χ3n) is 9.02. The Kier molecular flexibility index (Phi) is 15.6. The highest BCUT2D eigenvalue weighted by Crippen LogP contribution is 2.38. The van der Waals surface area contributed by atoms with Crippen molar-refractivity contribution in [1.82, 2.24) is 4.90 Å². The fourth-order valence-electron chi connectivity index (χ4n) is 4.72. The number of rotatable bonds is 19. The van der Waals surface area contributed by atoms with Crippen LogP contribution in [-0.2, 0) is 25.2 Å². The molecule has 2 atom stereocenters. The van der Waals surface area contributed by atoms with E-state index in [0.29, 0.717) is 13.2 Å². The first-order valence-electron chi connectivity index (χ1n) is 16.4. The Hall–Kier alpha value is -2.39. The summed E-state index contributed by atoms with van der Waals surface area (Å²) in [4.78, 5) is 27.8. The molecule has 45 heavy (non-hydrogen) atoms. The molecule has 0 aliphatic heterocycles. The van der Waals surface area contributed by atoms with Crippen molar-refractivity contribution in [2.45, 2.75) is 117 Å². The van der Waals surface area contributed by atoms with Crippen LogP contribution in [0.25, 0.3) is 0 Å². The van der Waals surface area contributed by atoms with Crippen LogP contribution >= 0.6 is 11.6 Å². The lowest BCUT2D eigenvalue weighted by molar-refractivity contribution is -0.165. The molecule has 0 aliphatic rings. The van der Waals surface area contributed by atoms with Crippen molar-refractivity contribution in [2.75, 3.05) is 32.1 Å². The molecule has 0 unspecified atom stereocenters. The van der Waals surface area contributed by atoms with Gasteiger partial charge in [0.15, 0.2) is 20.5 Å². The molecule has 1 amide bonds. The van der Waals surface area contributed by atoms with Crippen LogP contribution in [0.2, 0.25) is 23.2 Å². The van der Waals surface area contributed by atoms with Crippen LogP contribution < -0.4 is 5.32 Å². The molecule has 9 heteroatoms. The lowest BCUT2D eigenvalue weighted by Gasteiger charge is -2.40. The first kappa shape index (κ1) is 38.8. The second-order valence-corrected chi connectivity index (χ2v) is 19.0. The maximum Gasteiger partial charge on any atom is 0.334 e. The summed E-state index contributed by atoms with van der Waals surface area (Å²) in [5, 5.41) is 14.2. The standard InChI is InChI=1S/C36H57ClN2O5Si/c1-26-17-19-29(24-28(26)3)16-12-10-15-23-43-32(33(35(41)42)44-45(8,9)36(4,5)6)34(40)39(7)22-14-11-13-21-38-30-20-18-27(2)31(37)25-30/h17-20,24-25,32-33,38H,10-16,21-23H2,1-9H3,(H,41,42)/t32-,33-/m1/s1. The summed E-state index contributed by atoms with van der Waals surface area (Å²) in [5.74, 6) is -1.51. The van der Waals surface area contributed by atoms with E-state index in [-0.39, 0.29) is 10.9 Å². The van der Waals surface area contributed by atoms with Crippen molar-refractivity contribution in [3.05, 3.63) is 63.7 Å². The number of nitrogens with zero attached hydrogens (tertiary/aromatic N) is 1. The molecule has 0 saturated carbocycles. The van der Waals surface area contributed by atoms with E-state index in [1.807, 2.05) is 38.2 Å². The Bertz CT molecular complexity index is 1250.